The summed E-state index contributed by atoms with van der Waals surface area (Å²) >= 11 is 0. The van der Waals surface area contributed by atoms with E-state index in [2.05, 4.69) is 4.90 Å². The predicted molar refractivity (Wildman–Crippen MR) is 74.8 cm³/mol. The fourth-order valence-corrected chi connectivity index (χ4v) is 2.82. The van der Waals surface area contributed by atoms with Gasteiger partial charge in [0.15, 0.2) is 0 Å². The third-order valence-corrected chi connectivity index (χ3v) is 3.97. The van der Waals surface area contributed by atoms with E-state index in [1.165, 1.54) is 12.1 Å². The molecular weight excluding hydrogens is 281 g/mol. The monoisotopic (exact) mass is 302 g/mol. The Morgan fingerprint density at radius 2 is 2.19 bits per heavy atom. The van der Waals surface area contributed by atoms with Crippen molar-refractivity contribution in [2.45, 2.75) is 31.6 Å². The van der Waals surface area contributed by atoms with E-state index >= 15 is 0 Å². The van der Waals surface area contributed by atoms with Crippen LogP contribution in [0.3, 0.4) is 0 Å². The number of halogens is 3. The summed E-state index contributed by atoms with van der Waals surface area (Å²) in [7, 11) is 0. The molecule has 3 nitrogen and oxygen atoms in total. The van der Waals surface area contributed by atoms with Crippen molar-refractivity contribution in [2.75, 3.05) is 26.3 Å². The van der Waals surface area contributed by atoms with Crippen LogP contribution < -0.4 is 5.73 Å². The molecule has 1 aromatic rings. The largest absolute Gasteiger partial charge is 0.416 e. The quantitative estimate of drug-likeness (QED) is 0.929. The van der Waals surface area contributed by atoms with Gasteiger partial charge in [-0.25, -0.2) is 0 Å². The Hall–Kier alpha value is -1.11. The van der Waals surface area contributed by atoms with Crippen LogP contribution in [0.5, 0.6) is 0 Å². The summed E-state index contributed by atoms with van der Waals surface area (Å²) in [4.78, 5) is 2.17. The van der Waals surface area contributed by atoms with E-state index in [0.29, 0.717) is 25.3 Å². The van der Waals surface area contributed by atoms with Crippen molar-refractivity contribution in [3.63, 3.8) is 0 Å². The Morgan fingerprint density at radius 1 is 1.43 bits per heavy atom. The van der Waals surface area contributed by atoms with Gasteiger partial charge in [0.25, 0.3) is 0 Å². The average molecular weight is 302 g/mol. The zero-order chi connectivity index (χ0) is 15.5. The highest BCUT2D eigenvalue weighted by molar-refractivity contribution is 5.28. The molecule has 0 spiro atoms. The van der Waals surface area contributed by atoms with Crippen molar-refractivity contribution in [2.24, 2.45) is 5.73 Å². The van der Waals surface area contributed by atoms with E-state index in [1.54, 1.807) is 6.07 Å². The predicted octanol–water partition coefficient (Wildman–Crippen LogP) is 2.82. The second kappa shape index (κ2) is 6.77. The fraction of sp³-hybridized carbons (Fsp3) is 0.600. The van der Waals surface area contributed by atoms with Crippen LogP contribution >= 0.6 is 0 Å². The number of nitrogens with two attached hydrogens (primary N) is 1. The Kier molecular flexibility index (Phi) is 5.24. The number of ether oxygens (including phenoxy) is 1. The molecule has 1 saturated heterocycles. The normalized spacial score (nSPS) is 22.2. The van der Waals surface area contributed by atoms with Gasteiger partial charge < -0.3 is 10.5 Å². The number of nitrogens with zero attached hydrogens (tertiary/aromatic N) is 1. The number of benzene rings is 1. The van der Waals surface area contributed by atoms with Gasteiger partial charge in [-0.3, -0.25) is 4.90 Å². The highest BCUT2D eigenvalue weighted by atomic mass is 19.4. The molecule has 2 rings (SSSR count). The number of hydrogen-bond donors (Lipinski definition) is 1. The van der Waals surface area contributed by atoms with Gasteiger partial charge in [-0.05, 0) is 24.1 Å². The summed E-state index contributed by atoms with van der Waals surface area (Å²) in [6.45, 7) is 4.22. The molecule has 0 aliphatic carbocycles. The van der Waals surface area contributed by atoms with Crippen molar-refractivity contribution in [1.82, 2.24) is 4.90 Å². The molecule has 2 N–H and O–H groups in total. The molecule has 0 amide bonds. The topological polar surface area (TPSA) is 38.5 Å². The van der Waals surface area contributed by atoms with Crippen molar-refractivity contribution < 1.29 is 17.9 Å². The summed E-state index contributed by atoms with van der Waals surface area (Å²) in [6.07, 6.45) is -3.44. The fourth-order valence-electron chi connectivity index (χ4n) is 2.82. The molecule has 118 valence electrons. The number of morpholine rings is 1. The minimum Gasteiger partial charge on any atom is -0.378 e. The van der Waals surface area contributed by atoms with Crippen molar-refractivity contribution in [3.8, 4) is 0 Å². The maximum absolute atomic E-state index is 12.9. The molecule has 1 aromatic carbocycles. The standard InChI is InChI=1S/C15H21F3N2O/c1-2-13-10-21-7-6-20(13)14(9-19)11-4-3-5-12(8-11)15(16,17)18/h3-5,8,13-14H,2,6-7,9-10,19H2,1H3. The molecule has 1 aliphatic rings. The Labute approximate surface area is 122 Å². The first-order valence-electron chi connectivity index (χ1n) is 7.18. The van der Waals surface area contributed by atoms with E-state index in [-0.39, 0.29) is 18.6 Å². The third-order valence-electron chi connectivity index (χ3n) is 3.97. The maximum atomic E-state index is 12.9. The Morgan fingerprint density at radius 3 is 2.81 bits per heavy atom. The molecule has 0 bridgehead atoms. The number of rotatable bonds is 4. The minimum absolute atomic E-state index is 0.196. The first kappa shape index (κ1) is 16.3. The third kappa shape index (κ3) is 3.75. The van der Waals surface area contributed by atoms with Gasteiger partial charge in [0.1, 0.15) is 0 Å². The van der Waals surface area contributed by atoms with Gasteiger partial charge in [-0.2, -0.15) is 13.2 Å². The van der Waals surface area contributed by atoms with E-state index in [4.69, 9.17) is 10.5 Å². The van der Waals surface area contributed by atoms with Gasteiger partial charge in [0, 0.05) is 25.2 Å². The number of hydrogen-bond acceptors (Lipinski definition) is 3. The van der Waals surface area contributed by atoms with Gasteiger partial charge >= 0.3 is 6.18 Å². The van der Waals surface area contributed by atoms with Crippen LogP contribution in [-0.4, -0.2) is 37.2 Å². The lowest BCUT2D eigenvalue weighted by atomic mass is 9.99. The lowest BCUT2D eigenvalue weighted by molar-refractivity contribution is -0.137. The molecule has 6 heteroatoms. The molecule has 1 aliphatic heterocycles. The average Bonchev–Trinajstić information content (AvgIpc) is 2.48. The summed E-state index contributed by atoms with van der Waals surface area (Å²) in [5, 5.41) is 0. The zero-order valence-electron chi connectivity index (χ0n) is 12.1. The molecule has 21 heavy (non-hydrogen) atoms. The molecule has 0 radical (unpaired) electrons. The summed E-state index contributed by atoms with van der Waals surface area (Å²) in [6, 6.07) is 5.45. The Bertz CT molecular complexity index is 464. The lowest BCUT2D eigenvalue weighted by Crippen LogP contribution is -2.48. The van der Waals surface area contributed by atoms with Crippen LogP contribution in [0.15, 0.2) is 24.3 Å². The van der Waals surface area contributed by atoms with Gasteiger partial charge in [-0.1, -0.05) is 19.1 Å². The Balaban J connectivity index is 2.28. The number of alkyl halides is 3. The van der Waals surface area contributed by atoms with Gasteiger partial charge in [0.2, 0.25) is 0 Å². The minimum atomic E-state index is -4.33. The molecule has 0 saturated carbocycles. The highest BCUT2D eigenvalue weighted by Gasteiger charge is 2.33. The SMILES string of the molecule is CCC1COCCN1C(CN)c1cccc(C(F)(F)F)c1. The zero-order valence-corrected chi connectivity index (χ0v) is 12.1. The summed E-state index contributed by atoms with van der Waals surface area (Å²) in [5.41, 5.74) is 5.84. The first-order valence-corrected chi connectivity index (χ1v) is 7.18. The van der Waals surface area contributed by atoms with Gasteiger partial charge in [0.05, 0.1) is 18.8 Å². The second-order valence-corrected chi connectivity index (χ2v) is 5.25. The molecule has 2 unspecified atom stereocenters. The van der Waals surface area contributed by atoms with Crippen LogP contribution in [0.2, 0.25) is 0 Å². The first-order chi connectivity index (χ1) is 9.97. The van der Waals surface area contributed by atoms with Crippen molar-refractivity contribution in [3.05, 3.63) is 35.4 Å². The van der Waals surface area contributed by atoms with E-state index in [0.717, 1.165) is 12.5 Å². The van der Waals surface area contributed by atoms with Crippen molar-refractivity contribution >= 4 is 0 Å². The maximum Gasteiger partial charge on any atom is 0.416 e. The van der Waals surface area contributed by atoms with Crippen LogP contribution in [0, 0.1) is 0 Å². The molecule has 2 atom stereocenters. The van der Waals surface area contributed by atoms with E-state index in [1.807, 2.05) is 6.92 Å². The highest BCUT2D eigenvalue weighted by Crippen LogP contribution is 2.32. The lowest BCUT2D eigenvalue weighted by Gasteiger charge is -2.40. The molecular formula is C15H21F3N2O. The van der Waals surface area contributed by atoms with Crippen LogP contribution in [0.25, 0.3) is 0 Å². The van der Waals surface area contributed by atoms with Gasteiger partial charge in [-0.15, -0.1) is 0 Å². The van der Waals surface area contributed by atoms with E-state index < -0.39 is 11.7 Å². The summed E-state index contributed by atoms with van der Waals surface area (Å²) < 4.78 is 44.0. The molecule has 1 heterocycles. The van der Waals surface area contributed by atoms with E-state index in [9.17, 15) is 13.2 Å². The van der Waals surface area contributed by atoms with Crippen LogP contribution in [0.4, 0.5) is 13.2 Å². The van der Waals surface area contributed by atoms with Crippen molar-refractivity contribution in [1.29, 1.82) is 0 Å². The van der Waals surface area contributed by atoms with Crippen LogP contribution in [-0.2, 0) is 10.9 Å². The second-order valence-electron chi connectivity index (χ2n) is 5.25. The van der Waals surface area contributed by atoms with Crippen LogP contribution in [0.1, 0.15) is 30.5 Å². The molecule has 1 fully saturated rings. The molecule has 0 aromatic heterocycles. The summed E-state index contributed by atoms with van der Waals surface area (Å²) in [5.74, 6) is 0. The smallest absolute Gasteiger partial charge is 0.378 e.